The summed E-state index contributed by atoms with van der Waals surface area (Å²) >= 11 is 0. The van der Waals surface area contributed by atoms with Crippen LogP contribution in [0.4, 0.5) is 28.4 Å². The second-order valence-corrected chi connectivity index (χ2v) is 7.05. The molecule has 0 aliphatic heterocycles. The SMILES string of the molecule is Cc1cccc(N(c2ccc(Nc3ccccc3)cc2)c2cccc(C)c2)c1. The first-order valence-electron chi connectivity index (χ1n) is 9.55. The molecule has 0 atom stereocenters. The Kier molecular flexibility index (Phi) is 5.11. The number of rotatable bonds is 5. The lowest BCUT2D eigenvalue weighted by atomic mass is 10.1. The summed E-state index contributed by atoms with van der Waals surface area (Å²) in [5.74, 6) is 0. The molecule has 4 aromatic carbocycles. The minimum absolute atomic E-state index is 1.07. The second kappa shape index (κ2) is 8.01. The lowest BCUT2D eigenvalue weighted by Gasteiger charge is -2.26. The standard InChI is InChI=1S/C26H24N2/c1-20-8-6-12-25(18-20)28(26-13-7-9-21(2)19-26)24-16-14-23(15-17-24)27-22-10-4-3-5-11-22/h3-19,27H,1-2H3. The zero-order valence-electron chi connectivity index (χ0n) is 16.3. The predicted molar refractivity (Wildman–Crippen MR) is 120 cm³/mol. The van der Waals surface area contributed by atoms with E-state index in [1.807, 2.05) is 18.2 Å². The van der Waals surface area contributed by atoms with Gasteiger partial charge in [-0.3, -0.25) is 0 Å². The summed E-state index contributed by atoms with van der Waals surface area (Å²) in [6.07, 6.45) is 0. The number of aryl methyl sites for hydroxylation is 2. The fraction of sp³-hybridized carbons (Fsp3) is 0.0769. The number of nitrogens with zero attached hydrogens (tertiary/aromatic N) is 1. The van der Waals surface area contributed by atoms with Crippen molar-refractivity contribution in [2.24, 2.45) is 0 Å². The van der Waals surface area contributed by atoms with Crippen molar-refractivity contribution in [1.29, 1.82) is 0 Å². The van der Waals surface area contributed by atoms with E-state index < -0.39 is 0 Å². The van der Waals surface area contributed by atoms with Crippen LogP contribution in [0, 0.1) is 13.8 Å². The van der Waals surface area contributed by atoms with Crippen LogP contribution >= 0.6 is 0 Å². The Morgan fingerprint density at radius 2 is 1.04 bits per heavy atom. The summed E-state index contributed by atoms with van der Waals surface area (Å²) in [7, 11) is 0. The van der Waals surface area contributed by atoms with Crippen molar-refractivity contribution in [3.05, 3.63) is 114 Å². The molecule has 0 saturated carbocycles. The van der Waals surface area contributed by atoms with Gasteiger partial charge in [-0.15, -0.1) is 0 Å². The second-order valence-electron chi connectivity index (χ2n) is 7.05. The molecule has 0 fully saturated rings. The highest BCUT2D eigenvalue weighted by molar-refractivity contribution is 5.78. The number of para-hydroxylation sites is 1. The summed E-state index contributed by atoms with van der Waals surface area (Å²) in [5.41, 5.74) is 8.11. The Bertz CT molecular complexity index is 1010. The topological polar surface area (TPSA) is 15.3 Å². The molecule has 2 nitrogen and oxygen atoms in total. The molecule has 0 unspecified atom stereocenters. The van der Waals surface area contributed by atoms with E-state index in [1.54, 1.807) is 0 Å². The van der Waals surface area contributed by atoms with Crippen molar-refractivity contribution in [2.75, 3.05) is 10.2 Å². The normalized spacial score (nSPS) is 10.5. The van der Waals surface area contributed by atoms with Gasteiger partial charge in [0.25, 0.3) is 0 Å². The first-order valence-corrected chi connectivity index (χ1v) is 9.55. The van der Waals surface area contributed by atoms with Gasteiger partial charge in [-0.05, 0) is 85.6 Å². The minimum Gasteiger partial charge on any atom is -0.356 e. The Balaban J connectivity index is 1.70. The average Bonchev–Trinajstić information content (AvgIpc) is 2.71. The molecule has 138 valence electrons. The molecule has 2 heteroatoms. The fourth-order valence-corrected chi connectivity index (χ4v) is 3.36. The molecule has 0 saturated heterocycles. The smallest absolute Gasteiger partial charge is 0.0464 e. The maximum absolute atomic E-state index is 3.45. The summed E-state index contributed by atoms with van der Waals surface area (Å²) in [6, 6.07) is 36.0. The maximum Gasteiger partial charge on any atom is 0.0464 e. The van der Waals surface area contributed by atoms with E-state index in [4.69, 9.17) is 0 Å². The van der Waals surface area contributed by atoms with E-state index in [1.165, 1.54) is 11.1 Å². The van der Waals surface area contributed by atoms with Crippen molar-refractivity contribution in [2.45, 2.75) is 13.8 Å². The lowest BCUT2D eigenvalue weighted by molar-refractivity contribution is 1.26. The molecule has 0 spiro atoms. The van der Waals surface area contributed by atoms with Crippen LogP contribution in [-0.4, -0.2) is 0 Å². The Labute approximate surface area is 167 Å². The Hall–Kier alpha value is -3.52. The molecule has 0 heterocycles. The van der Waals surface area contributed by atoms with Crippen molar-refractivity contribution in [3.8, 4) is 0 Å². The zero-order valence-corrected chi connectivity index (χ0v) is 16.3. The lowest BCUT2D eigenvalue weighted by Crippen LogP contribution is -2.10. The summed E-state index contributed by atoms with van der Waals surface area (Å²) in [4.78, 5) is 2.30. The third kappa shape index (κ3) is 4.07. The van der Waals surface area contributed by atoms with Crippen LogP contribution in [0.5, 0.6) is 0 Å². The van der Waals surface area contributed by atoms with Crippen LogP contribution < -0.4 is 10.2 Å². The quantitative estimate of drug-likeness (QED) is 0.394. The first-order chi connectivity index (χ1) is 13.7. The maximum atomic E-state index is 3.45. The van der Waals surface area contributed by atoms with Crippen LogP contribution in [0.2, 0.25) is 0 Å². The third-order valence-corrected chi connectivity index (χ3v) is 4.71. The molecule has 0 aliphatic rings. The molecular weight excluding hydrogens is 340 g/mol. The number of hydrogen-bond donors (Lipinski definition) is 1. The summed E-state index contributed by atoms with van der Waals surface area (Å²) in [6.45, 7) is 4.26. The van der Waals surface area contributed by atoms with Gasteiger partial charge in [-0.1, -0.05) is 42.5 Å². The van der Waals surface area contributed by atoms with E-state index in [2.05, 4.69) is 109 Å². The van der Waals surface area contributed by atoms with Gasteiger partial charge >= 0.3 is 0 Å². The summed E-state index contributed by atoms with van der Waals surface area (Å²) < 4.78 is 0. The van der Waals surface area contributed by atoms with Gasteiger partial charge in [-0.25, -0.2) is 0 Å². The van der Waals surface area contributed by atoms with E-state index in [0.717, 1.165) is 28.4 Å². The zero-order chi connectivity index (χ0) is 19.3. The van der Waals surface area contributed by atoms with Crippen molar-refractivity contribution < 1.29 is 0 Å². The Morgan fingerprint density at radius 3 is 1.57 bits per heavy atom. The minimum atomic E-state index is 1.07. The number of benzene rings is 4. The van der Waals surface area contributed by atoms with Crippen LogP contribution in [0.25, 0.3) is 0 Å². The first kappa shape index (κ1) is 17.9. The van der Waals surface area contributed by atoms with Gasteiger partial charge in [0.05, 0.1) is 0 Å². The van der Waals surface area contributed by atoms with Crippen molar-refractivity contribution in [1.82, 2.24) is 0 Å². The van der Waals surface area contributed by atoms with Gasteiger partial charge in [-0.2, -0.15) is 0 Å². The molecule has 4 aromatic rings. The van der Waals surface area contributed by atoms with Gasteiger partial charge in [0.15, 0.2) is 0 Å². The largest absolute Gasteiger partial charge is 0.356 e. The summed E-state index contributed by atoms with van der Waals surface area (Å²) in [5, 5.41) is 3.45. The van der Waals surface area contributed by atoms with Gasteiger partial charge < -0.3 is 10.2 Å². The fourth-order valence-electron chi connectivity index (χ4n) is 3.36. The number of anilines is 5. The molecule has 1 N–H and O–H groups in total. The third-order valence-electron chi connectivity index (χ3n) is 4.71. The van der Waals surface area contributed by atoms with E-state index in [-0.39, 0.29) is 0 Å². The molecule has 0 aromatic heterocycles. The molecule has 0 bridgehead atoms. The van der Waals surface area contributed by atoms with E-state index >= 15 is 0 Å². The van der Waals surface area contributed by atoms with Crippen LogP contribution in [0.1, 0.15) is 11.1 Å². The van der Waals surface area contributed by atoms with Gasteiger partial charge in [0.2, 0.25) is 0 Å². The van der Waals surface area contributed by atoms with E-state index in [0.29, 0.717) is 0 Å². The highest BCUT2D eigenvalue weighted by Crippen LogP contribution is 2.35. The average molecular weight is 364 g/mol. The molecule has 4 rings (SSSR count). The van der Waals surface area contributed by atoms with Gasteiger partial charge in [0, 0.05) is 28.4 Å². The molecule has 0 radical (unpaired) electrons. The predicted octanol–water partition coefficient (Wildman–Crippen LogP) is 7.52. The molecule has 0 amide bonds. The molecule has 0 aliphatic carbocycles. The van der Waals surface area contributed by atoms with Crippen LogP contribution in [-0.2, 0) is 0 Å². The van der Waals surface area contributed by atoms with E-state index in [9.17, 15) is 0 Å². The Morgan fingerprint density at radius 1 is 0.500 bits per heavy atom. The van der Waals surface area contributed by atoms with Crippen LogP contribution in [0.3, 0.4) is 0 Å². The van der Waals surface area contributed by atoms with Crippen molar-refractivity contribution in [3.63, 3.8) is 0 Å². The van der Waals surface area contributed by atoms with Gasteiger partial charge in [0.1, 0.15) is 0 Å². The molecule has 28 heavy (non-hydrogen) atoms. The number of nitrogens with one attached hydrogen (secondary N) is 1. The van der Waals surface area contributed by atoms with Crippen LogP contribution in [0.15, 0.2) is 103 Å². The monoisotopic (exact) mass is 364 g/mol. The molecular formula is C26H24N2. The number of hydrogen-bond acceptors (Lipinski definition) is 2. The van der Waals surface area contributed by atoms with Crippen molar-refractivity contribution >= 4 is 28.4 Å². The highest BCUT2D eigenvalue weighted by Gasteiger charge is 2.12. The highest BCUT2D eigenvalue weighted by atomic mass is 15.1.